The highest BCUT2D eigenvalue weighted by atomic mass is 19.4. The molecule has 1 atom stereocenters. The number of alkyl halides is 3. The SMILES string of the molecule is OC(/C(C#Cc1ccccc1)=C\C(F)(F)F)c1ccccc1. The van der Waals surface area contributed by atoms with Gasteiger partial charge in [0.1, 0.15) is 6.10 Å². The molecule has 1 N–H and O–H groups in total. The Balaban J connectivity index is 2.37. The average molecular weight is 302 g/mol. The molecule has 112 valence electrons. The van der Waals surface area contributed by atoms with Crippen molar-refractivity contribution in [3.05, 3.63) is 83.4 Å². The molecule has 1 nitrogen and oxygen atoms in total. The Kier molecular flexibility index (Phi) is 5.03. The van der Waals surface area contributed by atoms with Crippen LogP contribution in [0.5, 0.6) is 0 Å². The monoisotopic (exact) mass is 302 g/mol. The molecule has 2 aromatic rings. The Morgan fingerprint density at radius 2 is 1.50 bits per heavy atom. The van der Waals surface area contributed by atoms with Crippen molar-refractivity contribution in [1.82, 2.24) is 0 Å². The minimum Gasteiger partial charge on any atom is -0.383 e. The van der Waals surface area contributed by atoms with Crippen LogP contribution in [0.3, 0.4) is 0 Å². The predicted octanol–water partition coefficient (Wildman–Crippen LogP) is 4.26. The van der Waals surface area contributed by atoms with Gasteiger partial charge in [0.25, 0.3) is 0 Å². The minimum absolute atomic E-state index is 0.0423. The van der Waals surface area contributed by atoms with Crippen LogP contribution in [0.2, 0.25) is 0 Å². The second-order valence-corrected chi connectivity index (χ2v) is 4.57. The first-order valence-electron chi connectivity index (χ1n) is 6.55. The van der Waals surface area contributed by atoms with Gasteiger partial charge in [-0.1, -0.05) is 60.4 Å². The maximum atomic E-state index is 12.7. The van der Waals surface area contributed by atoms with Gasteiger partial charge in [-0.3, -0.25) is 0 Å². The van der Waals surface area contributed by atoms with Crippen LogP contribution in [-0.2, 0) is 0 Å². The number of halogens is 3. The minimum atomic E-state index is -4.55. The summed E-state index contributed by atoms with van der Waals surface area (Å²) in [6.07, 6.45) is -5.92. The fourth-order valence-electron chi connectivity index (χ4n) is 1.84. The molecule has 1 unspecified atom stereocenters. The van der Waals surface area contributed by atoms with Crippen LogP contribution in [0.4, 0.5) is 13.2 Å². The van der Waals surface area contributed by atoms with Crippen molar-refractivity contribution in [1.29, 1.82) is 0 Å². The summed E-state index contributed by atoms with van der Waals surface area (Å²) < 4.78 is 38.0. The van der Waals surface area contributed by atoms with E-state index in [0.717, 1.165) is 0 Å². The summed E-state index contributed by atoms with van der Waals surface area (Å²) in [4.78, 5) is 0. The van der Waals surface area contributed by atoms with Crippen molar-refractivity contribution in [2.45, 2.75) is 12.3 Å². The second kappa shape index (κ2) is 6.97. The van der Waals surface area contributed by atoms with Crippen LogP contribution >= 0.6 is 0 Å². The number of hydrogen-bond donors (Lipinski definition) is 1. The van der Waals surface area contributed by atoms with E-state index in [2.05, 4.69) is 11.8 Å². The topological polar surface area (TPSA) is 20.2 Å². The summed E-state index contributed by atoms with van der Waals surface area (Å²) in [6.45, 7) is 0. The normalized spacial score (nSPS) is 13.2. The third kappa shape index (κ3) is 4.80. The van der Waals surface area contributed by atoms with E-state index in [4.69, 9.17) is 0 Å². The quantitative estimate of drug-likeness (QED) is 0.822. The highest BCUT2D eigenvalue weighted by Crippen LogP contribution is 2.26. The smallest absolute Gasteiger partial charge is 0.383 e. The van der Waals surface area contributed by atoms with Gasteiger partial charge in [-0.15, -0.1) is 0 Å². The largest absolute Gasteiger partial charge is 0.410 e. The molecule has 4 heteroatoms. The lowest BCUT2D eigenvalue weighted by atomic mass is 10.0. The average Bonchev–Trinajstić information content (AvgIpc) is 2.51. The molecular weight excluding hydrogens is 289 g/mol. The van der Waals surface area contributed by atoms with E-state index in [1.165, 1.54) is 0 Å². The molecule has 0 saturated carbocycles. The third-order valence-corrected chi connectivity index (χ3v) is 2.85. The van der Waals surface area contributed by atoms with Crippen molar-refractivity contribution < 1.29 is 18.3 Å². The lowest BCUT2D eigenvalue weighted by Crippen LogP contribution is -2.08. The molecule has 0 heterocycles. The molecule has 0 fully saturated rings. The molecule has 0 aliphatic carbocycles. The van der Waals surface area contributed by atoms with Crippen LogP contribution in [0.15, 0.2) is 72.3 Å². The summed E-state index contributed by atoms with van der Waals surface area (Å²) in [5.41, 5.74) is 0.554. The summed E-state index contributed by atoms with van der Waals surface area (Å²) >= 11 is 0. The summed E-state index contributed by atoms with van der Waals surface area (Å²) in [7, 11) is 0. The molecule has 0 amide bonds. The second-order valence-electron chi connectivity index (χ2n) is 4.57. The van der Waals surface area contributed by atoms with E-state index in [9.17, 15) is 18.3 Å². The highest BCUT2D eigenvalue weighted by Gasteiger charge is 2.26. The van der Waals surface area contributed by atoms with E-state index in [0.29, 0.717) is 11.1 Å². The van der Waals surface area contributed by atoms with Crippen LogP contribution in [0, 0.1) is 11.8 Å². The van der Waals surface area contributed by atoms with Crippen molar-refractivity contribution >= 4 is 0 Å². The zero-order valence-electron chi connectivity index (χ0n) is 11.5. The molecule has 0 bridgehead atoms. The van der Waals surface area contributed by atoms with Gasteiger partial charge in [-0.2, -0.15) is 13.2 Å². The summed E-state index contributed by atoms with van der Waals surface area (Å²) in [5.74, 6) is 5.07. The first kappa shape index (κ1) is 15.9. The number of hydrogen-bond acceptors (Lipinski definition) is 1. The number of aliphatic hydroxyl groups is 1. The van der Waals surface area contributed by atoms with E-state index < -0.39 is 12.3 Å². The molecular formula is C18H13F3O. The first-order chi connectivity index (χ1) is 10.5. The third-order valence-electron chi connectivity index (χ3n) is 2.85. The van der Waals surface area contributed by atoms with Gasteiger partial charge in [-0.05, 0) is 17.7 Å². The standard InChI is InChI=1S/C18H13F3O/c19-18(20,21)13-16(12-11-14-7-3-1-4-8-14)17(22)15-9-5-2-6-10-15/h1-10,13,17,22H/b16-13-. The number of aliphatic hydroxyl groups excluding tert-OH is 1. The van der Waals surface area contributed by atoms with Gasteiger partial charge in [0.15, 0.2) is 0 Å². The van der Waals surface area contributed by atoms with Crippen LogP contribution < -0.4 is 0 Å². The predicted molar refractivity (Wildman–Crippen MR) is 78.9 cm³/mol. The van der Waals surface area contributed by atoms with Crippen LogP contribution in [0.1, 0.15) is 17.2 Å². The zero-order chi connectivity index (χ0) is 16.0. The molecule has 0 aliphatic rings. The molecule has 2 aromatic carbocycles. The van der Waals surface area contributed by atoms with Crippen molar-refractivity contribution in [3.8, 4) is 11.8 Å². The highest BCUT2D eigenvalue weighted by molar-refractivity contribution is 5.44. The number of benzene rings is 2. The van der Waals surface area contributed by atoms with Gasteiger partial charge < -0.3 is 5.11 Å². The first-order valence-corrected chi connectivity index (χ1v) is 6.55. The van der Waals surface area contributed by atoms with Gasteiger partial charge in [0.05, 0.1) is 0 Å². The Morgan fingerprint density at radius 1 is 0.955 bits per heavy atom. The maximum Gasteiger partial charge on any atom is 0.410 e. The van der Waals surface area contributed by atoms with Crippen molar-refractivity contribution in [3.63, 3.8) is 0 Å². The lowest BCUT2D eigenvalue weighted by Gasteiger charge is -2.12. The molecule has 0 spiro atoms. The van der Waals surface area contributed by atoms with Gasteiger partial charge in [0, 0.05) is 17.2 Å². The van der Waals surface area contributed by atoms with E-state index in [1.54, 1.807) is 60.7 Å². The molecule has 2 rings (SSSR count). The Hall–Kier alpha value is -2.51. The fraction of sp³-hybridized carbons (Fsp3) is 0.111. The van der Waals surface area contributed by atoms with Crippen molar-refractivity contribution in [2.24, 2.45) is 0 Å². The van der Waals surface area contributed by atoms with E-state index >= 15 is 0 Å². The number of allylic oxidation sites excluding steroid dienone is 1. The molecule has 0 radical (unpaired) electrons. The molecule has 0 saturated heterocycles. The number of rotatable bonds is 2. The van der Waals surface area contributed by atoms with E-state index in [-0.39, 0.29) is 11.6 Å². The maximum absolute atomic E-state index is 12.7. The van der Waals surface area contributed by atoms with Gasteiger partial charge >= 0.3 is 6.18 Å². The summed E-state index contributed by atoms with van der Waals surface area (Å²) in [5, 5.41) is 10.2. The van der Waals surface area contributed by atoms with Crippen LogP contribution in [0.25, 0.3) is 0 Å². The molecule has 0 aliphatic heterocycles. The van der Waals surface area contributed by atoms with Gasteiger partial charge in [-0.25, -0.2) is 0 Å². The molecule has 22 heavy (non-hydrogen) atoms. The fourth-order valence-corrected chi connectivity index (χ4v) is 1.84. The molecule has 0 aromatic heterocycles. The lowest BCUT2D eigenvalue weighted by molar-refractivity contribution is -0.0810. The zero-order valence-corrected chi connectivity index (χ0v) is 11.5. The van der Waals surface area contributed by atoms with Gasteiger partial charge in [0.2, 0.25) is 0 Å². The van der Waals surface area contributed by atoms with Crippen LogP contribution in [-0.4, -0.2) is 11.3 Å². The van der Waals surface area contributed by atoms with Crippen molar-refractivity contribution in [2.75, 3.05) is 0 Å². The Morgan fingerprint density at radius 3 is 2.05 bits per heavy atom. The summed E-state index contributed by atoms with van der Waals surface area (Å²) in [6, 6.07) is 16.8. The Bertz CT molecular complexity index is 692. The van der Waals surface area contributed by atoms with E-state index in [1.807, 2.05) is 0 Å². The Labute approximate surface area is 126 Å².